The number of halogens is 4. The van der Waals surface area contributed by atoms with E-state index in [1.54, 1.807) is 0 Å². The van der Waals surface area contributed by atoms with Crippen LogP contribution in [0.4, 0.5) is 0 Å². The van der Waals surface area contributed by atoms with Crippen LogP contribution < -0.4 is 22.1 Å². The van der Waals surface area contributed by atoms with Crippen LogP contribution in [0.5, 0.6) is 0 Å². The van der Waals surface area contributed by atoms with Gasteiger partial charge in [0.05, 0.1) is 0 Å². The second-order valence-corrected chi connectivity index (χ2v) is 5.26. The van der Waals surface area contributed by atoms with Crippen LogP contribution in [-0.2, 0) is 0 Å². The number of rotatable bonds is 16. The van der Waals surface area contributed by atoms with Gasteiger partial charge in [-0.15, -0.1) is 49.6 Å². The maximum absolute atomic E-state index is 5.44. The van der Waals surface area contributed by atoms with Gasteiger partial charge in [-0.25, -0.2) is 0 Å². The Balaban J connectivity index is -0.000000270. The molecule has 0 aliphatic heterocycles. The van der Waals surface area contributed by atoms with Gasteiger partial charge >= 0.3 is 0 Å². The molecule has 0 aromatic heterocycles. The number of unbranched alkanes of at least 4 members (excludes halogenated alkanes) is 6. The predicted molar refractivity (Wildman–Crippen MR) is 114 cm³/mol. The SMILES string of the molecule is Cl.Cl.Cl.Cl.NCCCCNCCCCCCCNCCCCN. The fourth-order valence-corrected chi connectivity index (χ4v) is 2.07. The lowest BCUT2D eigenvalue weighted by atomic mass is 10.1. The lowest BCUT2D eigenvalue weighted by molar-refractivity contribution is 0.543. The van der Waals surface area contributed by atoms with Crippen molar-refractivity contribution in [2.24, 2.45) is 11.5 Å². The minimum atomic E-state index is 0. The van der Waals surface area contributed by atoms with Crippen LogP contribution in [0.15, 0.2) is 0 Å². The van der Waals surface area contributed by atoms with Crippen LogP contribution >= 0.6 is 49.6 Å². The van der Waals surface area contributed by atoms with Crippen molar-refractivity contribution >= 4 is 49.6 Å². The van der Waals surface area contributed by atoms with Crippen LogP contribution in [0, 0.1) is 0 Å². The average molecular weight is 418 g/mol. The van der Waals surface area contributed by atoms with Gasteiger partial charge in [0.25, 0.3) is 0 Å². The first-order valence-electron chi connectivity index (χ1n) is 8.23. The highest BCUT2D eigenvalue weighted by Crippen LogP contribution is 2.01. The van der Waals surface area contributed by atoms with E-state index in [2.05, 4.69) is 10.6 Å². The van der Waals surface area contributed by atoms with Gasteiger partial charge in [-0.2, -0.15) is 0 Å². The third-order valence-corrected chi connectivity index (χ3v) is 3.32. The lowest BCUT2D eigenvalue weighted by Gasteiger charge is -2.05. The van der Waals surface area contributed by atoms with Crippen LogP contribution in [0.2, 0.25) is 0 Å². The first-order chi connectivity index (χ1) is 9.41. The number of hydrogen-bond acceptors (Lipinski definition) is 4. The Morgan fingerprint density at radius 2 is 0.652 bits per heavy atom. The molecule has 0 heterocycles. The molecule has 4 nitrogen and oxygen atoms in total. The highest BCUT2D eigenvalue weighted by Gasteiger charge is 1.92. The van der Waals surface area contributed by atoms with E-state index in [1.807, 2.05) is 0 Å². The molecule has 0 aliphatic carbocycles. The Hall–Kier alpha value is 1.000. The summed E-state index contributed by atoms with van der Waals surface area (Å²) < 4.78 is 0. The second-order valence-electron chi connectivity index (χ2n) is 5.26. The molecule has 0 saturated carbocycles. The van der Waals surface area contributed by atoms with Crippen LogP contribution in [0.25, 0.3) is 0 Å². The molecule has 23 heavy (non-hydrogen) atoms. The van der Waals surface area contributed by atoms with Crippen molar-refractivity contribution < 1.29 is 0 Å². The van der Waals surface area contributed by atoms with Gasteiger partial charge in [0.2, 0.25) is 0 Å². The van der Waals surface area contributed by atoms with Crippen molar-refractivity contribution in [3.63, 3.8) is 0 Å². The molecule has 8 heteroatoms. The van der Waals surface area contributed by atoms with Gasteiger partial charge in [-0.1, -0.05) is 19.3 Å². The molecule has 0 fully saturated rings. The first kappa shape index (κ1) is 35.2. The van der Waals surface area contributed by atoms with Crippen molar-refractivity contribution in [1.82, 2.24) is 10.6 Å². The normalized spacial score (nSPS) is 9.13. The molecule has 0 aliphatic rings. The van der Waals surface area contributed by atoms with Crippen LogP contribution in [0.3, 0.4) is 0 Å². The standard InChI is InChI=1S/C15H36N4.4ClH/c16-10-4-8-14-18-12-6-2-1-3-7-13-19-15-9-5-11-17;;;;/h18-19H,1-17H2;4*1H. The Morgan fingerprint density at radius 1 is 0.391 bits per heavy atom. The molecule has 0 aromatic rings. The maximum Gasteiger partial charge on any atom is -0.00484 e. The zero-order valence-corrected chi connectivity index (χ0v) is 17.7. The fourth-order valence-electron chi connectivity index (χ4n) is 2.07. The molecule has 0 rings (SSSR count). The highest BCUT2D eigenvalue weighted by molar-refractivity contribution is 5.86. The molecule has 6 N–H and O–H groups in total. The van der Waals surface area contributed by atoms with E-state index in [-0.39, 0.29) is 49.6 Å². The topological polar surface area (TPSA) is 76.1 Å². The molecule has 0 spiro atoms. The number of nitrogens with one attached hydrogen (secondary N) is 2. The molecule has 0 atom stereocenters. The summed E-state index contributed by atoms with van der Waals surface area (Å²) in [5, 5.41) is 6.95. The molecule has 0 saturated heterocycles. The fraction of sp³-hybridized carbons (Fsp3) is 1.00. The third kappa shape index (κ3) is 35.1. The molecular formula is C15H40Cl4N4. The minimum Gasteiger partial charge on any atom is -0.330 e. The largest absolute Gasteiger partial charge is 0.330 e. The molecule has 0 amide bonds. The zero-order chi connectivity index (χ0) is 14.0. The van der Waals surface area contributed by atoms with E-state index < -0.39 is 0 Å². The summed E-state index contributed by atoms with van der Waals surface area (Å²) in [6.07, 6.45) is 11.4. The van der Waals surface area contributed by atoms with Crippen molar-refractivity contribution in [2.75, 3.05) is 39.3 Å². The van der Waals surface area contributed by atoms with E-state index in [4.69, 9.17) is 11.5 Å². The number of hydrogen-bond donors (Lipinski definition) is 4. The molecule has 0 unspecified atom stereocenters. The maximum atomic E-state index is 5.44. The van der Waals surface area contributed by atoms with E-state index in [1.165, 1.54) is 58.0 Å². The Morgan fingerprint density at radius 3 is 0.957 bits per heavy atom. The average Bonchev–Trinajstić information content (AvgIpc) is 2.43. The summed E-state index contributed by atoms with van der Waals surface area (Å²) in [4.78, 5) is 0. The van der Waals surface area contributed by atoms with Crippen LogP contribution in [0.1, 0.15) is 57.8 Å². The Kier molecular flexibility index (Phi) is 52.5. The van der Waals surface area contributed by atoms with Gasteiger partial charge < -0.3 is 22.1 Å². The van der Waals surface area contributed by atoms with E-state index in [9.17, 15) is 0 Å². The van der Waals surface area contributed by atoms with Crippen molar-refractivity contribution in [1.29, 1.82) is 0 Å². The monoisotopic (exact) mass is 416 g/mol. The van der Waals surface area contributed by atoms with E-state index in [0.29, 0.717) is 0 Å². The van der Waals surface area contributed by atoms with E-state index >= 15 is 0 Å². The first-order valence-corrected chi connectivity index (χ1v) is 8.23. The number of nitrogens with two attached hydrogens (primary N) is 2. The molecule has 0 bridgehead atoms. The Bertz CT molecular complexity index is 152. The molecule has 0 aromatic carbocycles. The third-order valence-electron chi connectivity index (χ3n) is 3.32. The minimum absolute atomic E-state index is 0. The zero-order valence-electron chi connectivity index (χ0n) is 14.4. The van der Waals surface area contributed by atoms with Crippen molar-refractivity contribution in [3.8, 4) is 0 Å². The van der Waals surface area contributed by atoms with Crippen LogP contribution in [-0.4, -0.2) is 39.3 Å². The second kappa shape index (κ2) is 34.4. The summed E-state index contributed by atoms with van der Waals surface area (Å²) in [5.74, 6) is 0. The summed E-state index contributed by atoms with van der Waals surface area (Å²) in [6.45, 7) is 6.24. The summed E-state index contributed by atoms with van der Waals surface area (Å²) in [7, 11) is 0. The van der Waals surface area contributed by atoms with Gasteiger partial charge in [-0.3, -0.25) is 0 Å². The molecule has 0 radical (unpaired) electrons. The van der Waals surface area contributed by atoms with Crippen molar-refractivity contribution in [2.45, 2.75) is 57.8 Å². The van der Waals surface area contributed by atoms with Crippen molar-refractivity contribution in [3.05, 3.63) is 0 Å². The van der Waals surface area contributed by atoms with Gasteiger partial charge in [0.15, 0.2) is 0 Å². The van der Waals surface area contributed by atoms with Gasteiger partial charge in [-0.05, 0) is 77.8 Å². The quantitative estimate of drug-likeness (QED) is 0.290. The van der Waals surface area contributed by atoms with Gasteiger partial charge in [0.1, 0.15) is 0 Å². The highest BCUT2D eigenvalue weighted by atomic mass is 35.5. The predicted octanol–water partition coefficient (Wildman–Crippen LogP) is 3.28. The van der Waals surface area contributed by atoms with E-state index in [0.717, 1.165) is 39.0 Å². The Labute approximate surface area is 168 Å². The molecule has 148 valence electrons. The smallest absolute Gasteiger partial charge is 0.00484 e. The summed E-state index contributed by atoms with van der Waals surface area (Å²) in [6, 6.07) is 0. The lowest BCUT2D eigenvalue weighted by Crippen LogP contribution is -2.18. The van der Waals surface area contributed by atoms with Gasteiger partial charge in [0, 0.05) is 0 Å². The summed E-state index contributed by atoms with van der Waals surface area (Å²) >= 11 is 0. The summed E-state index contributed by atoms with van der Waals surface area (Å²) in [5.41, 5.74) is 10.9. The molecular weight excluding hydrogens is 378 g/mol.